The summed E-state index contributed by atoms with van der Waals surface area (Å²) in [6.45, 7) is 13.5. The fourth-order valence-electron chi connectivity index (χ4n) is 1.70. The Hall–Kier alpha value is -1.33. The quantitative estimate of drug-likeness (QED) is 0.640. The Bertz CT molecular complexity index is 509. The van der Waals surface area contributed by atoms with Crippen LogP contribution in [0.25, 0.3) is 0 Å². The smallest absolute Gasteiger partial charge is 0.322 e. The lowest BCUT2D eigenvalue weighted by molar-refractivity contribution is -0.142. The van der Waals surface area contributed by atoms with Crippen molar-refractivity contribution >= 4 is 14.3 Å². The van der Waals surface area contributed by atoms with E-state index in [4.69, 9.17) is 9.16 Å². The van der Waals surface area contributed by atoms with Gasteiger partial charge in [0.1, 0.15) is 11.8 Å². The Morgan fingerprint density at radius 3 is 2.50 bits per heavy atom. The number of rotatable bonds is 6. The van der Waals surface area contributed by atoms with E-state index in [1.807, 2.05) is 24.3 Å². The van der Waals surface area contributed by atoms with E-state index in [0.29, 0.717) is 6.54 Å². The number of ether oxygens (including phenoxy) is 1. The van der Waals surface area contributed by atoms with Crippen LogP contribution in [0, 0.1) is 0 Å². The van der Waals surface area contributed by atoms with Crippen molar-refractivity contribution in [3.8, 4) is 5.75 Å². The van der Waals surface area contributed by atoms with Gasteiger partial charge in [0.2, 0.25) is 8.32 Å². The predicted molar refractivity (Wildman–Crippen MR) is 92.6 cm³/mol. The van der Waals surface area contributed by atoms with Crippen LogP contribution < -0.4 is 9.74 Å². The number of esters is 1. The highest BCUT2D eigenvalue weighted by molar-refractivity contribution is 6.74. The maximum Gasteiger partial charge on any atom is 0.322 e. The summed E-state index contributed by atoms with van der Waals surface area (Å²) in [7, 11) is -0.435. The van der Waals surface area contributed by atoms with Gasteiger partial charge in [-0.2, -0.15) is 0 Å². The lowest BCUT2D eigenvalue weighted by Crippen LogP contribution is -2.43. The van der Waals surface area contributed by atoms with E-state index in [0.717, 1.165) is 11.3 Å². The number of nitrogens with one attached hydrogen (secondary N) is 1. The topological polar surface area (TPSA) is 47.6 Å². The first-order valence-electron chi connectivity index (χ1n) is 7.66. The molecule has 0 unspecified atom stereocenters. The van der Waals surface area contributed by atoms with E-state index < -0.39 is 8.32 Å². The van der Waals surface area contributed by atoms with Crippen LogP contribution in [0.2, 0.25) is 18.1 Å². The highest BCUT2D eigenvalue weighted by Crippen LogP contribution is 2.37. The van der Waals surface area contributed by atoms with Crippen molar-refractivity contribution < 1.29 is 14.0 Å². The van der Waals surface area contributed by atoms with Crippen LogP contribution in [0.4, 0.5) is 0 Å². The Morgan fingerprint density at radius 2 is 1.95 bits per heavy atom. The SMILES string of the molecule is COC(=O)[C@H](C)NCc1cccc(O[Si](C)(C)C(C)(C)C)c1. The molecule has 0 aliphatic rings. The van der Waals surface area contributed by atoms with Crippen LogP contribution >= 0.6 is 0 Å². The molecule has 0 aliphatic heterocycles. The van der Waals surface area contributed by atoms with Crippen molar-refractivity contribution in [3.63, 3.8) is 0 Å². The first-order valence-corrected chi connectivity index (χ1v) is 10.6. The van der Waals surface area contributed by atoms with Crippen molar-refractivity contribution in [1.82, 2.24) is 5.32 Å². The molecule has 0 amide bonds. The summed E-state index contributed by atoms with van der Waals surface area (Å²) in [5.41, 5.74) is 1.09. The average Bonchev–Trinajstić information content (AvgIpc) is 2.42. The molecule has 1 aromatic carbocycles. The zero-order chi connectivity index (χ0) is 17.0. The van der Waals surface area contributed by atoms with Crippen molar-refractivity contribution in [1.29, 1.82) is 0 Å². The molecule has 0 bridgehead atoms. The third kappa shape index (κ3) is 5.14. The number of carbonyl (C=O) groups is 1. The number of benzene rings is 1. The van der Waals surface area contributed by atoms with Crippen molar-refractivity contribution in [2.75, 3.05) is 7.11 Å². The summed E-state index contributed by atoms with van der Waals surface area (Å²) in [6, 6.07) is 7.72. The van der Waals surface area contributed by atoms with Crippen LogP contribution in [0.3, 0.4) is 0 Å². The molecule has 0 fully saturated rings. The zero-order valence-electron chi connectivity index (χ0n) is 14.8. The third-order valence-corrected chi connectivity index (χ3v) is 8.60. The molecule has 1 atom stereocenters. The highest BCUT2D eigenvalue weighted by atomic mass is 28.4. The minimum atomic E-state index is -1.83. The van der Waals surface area contributed by atoms with Gasteiger partial charge in [-0.15, -0.1) is 0 Å². The maximum absolute atomic E-state index is 11.4. The molecule has 1 N–H and O–H groups in total. The molecule has 0 aliphatic carbocycles. The van der Waals surface area contributed by atoms with E-state index in [2.05, 4.69) is 39.2 Å². The average molecular weight is 324 g/mol. The standard InChI is InChI=1S/C17H29NO3Si/c1-13(16(19)20-5)18-12-14-9-8-10-15(11-14)21-22(6,7)17(2,3)4/h8-11,13,18H,12H2,1-7H3/t13-/m0/s1. The first kappa shape index (κ1) is 18.7. The summed E-state index contributed by atoms with van der Waals surface area (Å²) in [5, 5.41) is 3.32. The number of hydrogen-bond donors (Lipinski definition) is 1. The van der Waals surface area contributed by atoms with E-state index in [1.165, 1.54) is 7.11 Å². The Balaban J connectivity index is 2.73. The molecular weight excluding hydrogens is 294 g/mol. The molecule has 0 saturated carbocycles. The lowest BCUT2D eigenvalue weighted by Gasteiger charge is -2.36. The van der Waals surface area contributed by atoms with Crippen molar-refractivity contribution in [2.45, 2.75) is 58.4 Å². The molecule has 124 valence electrons. The second-order valence-corrected chi connectivity index (χ2v) is 11.9. The van der Waals surface area contributed by atoms with Crippen LogP contribution in [-0.4, -0.2) is 27.4 Å². The van der Waals surface area contributed by atoms with Gasteiger partial charge in [0.05, 0.1) is 7.11 Å². The zero-order valence-corrected chi connectivity index (χ0v) is 15.8. The number of carbonyl (C=O) groups excluding carboxylic acids is 1. The van der Waals surface area contributed by atoms with Crippen molar-refractivity contribution in [3.05, 3.63) is 29.8 Å². The second kappa shape index (κ2) is 7.29. The van der Waals surface area contributed by atoms with E-state index in [9.17, 15) is 4.79 Å². The lowest BCUT2D eigenvalue weighted by atomic mass is 10.2. The van der Waals surface area contributed by atoms with E-state index in [-0.39, 0.29) is 17.0 Å². The molecule has 0 radical (unpaired) electrons. The molecule has 22 heavy (non-hydrogen) atoms. The summed E-state index contributed by atoms with van der Waals surface area (Å²) in [5.74, 6) is 0.644. The number of hydrogen-bond acceptors (Lipinski definition) is 4. The molecule has 4 nitrogen and oxygen atoms in total. The second-order valence-electron chi connectivity index (χ2n) is 7.14. The van der Waals surface area contributed by atoms with Gasteiger partial charge in [0.15, 0.2) is 0 Å². The molecule has 5 heteroatoms. The fraction of sp³-hybridized carbons (Fsp3) is 0.588. The van der Waals surface area contributed by atoms with Crippen LogP contribution in [0.1, 0.15) is 33.3 Å². The van der Waals surface area contributed by atoms with Gasteiger partial charge in [0.25, 0.3) is 0 Å². The van der Waals surface area contributed by atoms with Gasteiger partial charge in [-0.25, -0.2) is 0 Å². The molecule has 0 saturated heterocycles. The van der Waals surface area contributed by atoms with Gasteiger partial charge in [-0.1, -0.05) is 32.9 Å². The molecule has 1 rings (SSSR count). The van der Waals surface area contributed by atoms with Crippen LogP contribution in [-0.2, 0) is 16.1 Å². The Labute approximate surface area is 135 Å². The molecule has 1 aromatic rings. The van der Waals surface area contributed by atoms with Crippen LogP contribution in [0.5, 0.6) is 5.75 Å². The first-order chi connectivity index (χ1) is 10.1. The van der Waals surface area contributed by atoms with Gasteiger partial charge in [-0.3, -0.25) is 4.79 Å². The normalized spacial score (nSPS) is 13.6. The molecular formula is C17H29NO3Si. The van der Waals surface area contributed by atoms with Crippen molar-refractivity contribution in [2.24, 2.45) is 0 Å². The summed E-state index contributed by atoms with van der Waals surface area (Å²) < 4.78 is 11.0. The van der Waals surface area contributed by atoms with E-state index in [1.54, 1.807) is 6.92 Å². The number of methoxy groups -OCH3 is 1. The Kier molecular flexibility index (Phi) is 6.20. The fourth-order valence-corrected chi connectivity index (χ4v) is 2.72. The Morgan fingerprint density at radius 1 is 1.32 bits per heavy atom. The summed E-state index contributed by atoms with van der Waals surface area (Å²) in [4.78, 5) is 11.4. The van der Waals surface area contributed by atoms with Gasteiger partial charge in [-0.05, 0) is 42.8 Å². The third-order valence-electron chi connectivity index (χ3n) is 4.24. The monoisotopic (exact) mass is 323 g/mol. The maximum atomic E-state index is 11.4. The van der Waals surface area contributed by atoms with Gasteiger partial charge in [0, 0.05) is 6.54 Å². The van der Waals surface area contributed by atoms with Gasteiger partial charge < -0.3 is 14.5 Å². The molecule has 0 heterocycles. The minimum Gasteiger partial charge on any atom is -0.543 e. The van der Waals surface area contributed by atoms with Crippen LogP contribution in [0.15, 0.2) is 24.3 Å². The van der Waals surface area contributed by atoms with Gasteiger partial charge >= 0.3 is 5.97 Å². The largest absolute Gasteiger partial charge is 0.543 e. The summed E-state index contributed by atoms with van der Waals surface area (Å²) in [6.07, 6.45) is 0. The molecule has 0 spiro atoms. The molecule has 0 aromatic heterocycles. The van der Waals surface area contributed by atoms with E-state index >= 15 is 0 Å². The summed E-state index contributed by atoms with van der Waals surface area (Å²) >= 11 is 0. The highest BCUT2D eigenvalue weighted by Gasteiger charge is 2.38. The minimum absolute atomic E-state index is 0.167. The predicted octanol–water partition coefficient (Wildman–Crippen LogP) is 3.72.